The number of carbonyl (C=O) groups excluding carboxylic acids is 1. The average molecular weight is 1230 g/mol. The molecule has 0 spiro atoms. The Balaban J connectivity index is 0. The number of nitrogens with two attached hydrogens (primary N) is 1. The van der Waals surface area contributed by atoms with Gasteiger partial charge in [-0.3, -0.25) is 9.36 Å². The molecule has 3 heterocycles. The van der Waals surface area contributed by atoms with Gasteiger partial charge in [-0.05, 0) is 152 Å². The maximum atomic E-state index is 11.3. The van der Waals surface area contributed by atoms with E-state index in [1.807, 2.05) is 143 Å². The highest BCUT2D eigenvalue weighted by molar-refractivity contribution is 8.24. The molecule has 0 aliphatic rings. The van der Waals surface area contributed by atoms with Gasteiger partial charge in [0, 0.05) is 55.8 Å². The molecule has 0 fully saturated rings. The van der Waals surface area contributed by atoms with E-state index in [1.54, 1.807) is 63.6 Å². The number of rotatable bonds is 6. The molecular weight excluding hydrogens is 1170 g/mol. The van der Waals surface area contributed by atoms with Gasteiger partial charge in [0.2, 0.25) is 0 Å². The number of aryl methyl sites for hydroxylation is 3. The van der Waals surface area contributed by atoms with E-state index in [4.69, 9.17) is 37.3 Å². The quantitative estimate of drug-likeness (QED) is 0.0606. The molecule has 0 saturated carbocycles. The fourth-order valence-corrected chi connectivity index (χ4v) is 6.54. The van der Waals surface area contributed by atoms with E-state index in [0.29, 0.717) is 33.4 Å². The van der Waals surface area contributed by atoms with Crippen molar-refractivity contribution in [2.24, 2.45) is 0 Å². The minimum Gasteiger partial charge on any atom is -0.497 e. The van der Waals surface area contributed by atoms with E-state index in [9.17, 15) is 14.2 Å². The highest BCUT2D eigenvalue weighted by Crippen LogP contribution is 2.61. The highest BCUT2D eigenvalue weighted by Gasteiger charge is 2.12. The Bertz CT molecular complexity index is 3430. The van der Waals surface area contributed by atoms with Crippen LogP contribution >= 0.6 is 75.3 Å². The molecule has 17 nitrogen and oxygen atoms in total. The number of methoxy groups -OCH3 is 3. The van der Waals surface area contributed by atoms with Crippen molar-refractivity contribution in [3.63, 3.8) is 0 Å². The molecule has 0 atom stereocenters. The number of H-pyrrole nitrogens is 1. The summed E-state index contributed by atoms with van der Waals surface area (Å²) in [5, 5.41) is 17.6. The number of halogens is 6. The lowest BCUT2D eigenvalue weighted by Crippen LogP contribution is -2.12. The van der Waals surface area contributed by atoms with Crippen molar-refractivity contribution in [1.29, 1.82) is 10.5 Å². The number of fused-ring (bicyclic) bond motifs is 3. The van der Waals surface area contributed by atoms with Crippen molar-refractivity contribution >= 4 is 137 Å². The number of aromatic amines is 1. The van der Waals surface area contributed by atoms with Crippen LogP contribution in [0, 0.1) is 43.4 Å². The first-order valence-corrected chi connectivity index (χ1v) is 27.5. The summed E-state index contributed by atoms with van der Waals surface area (Å²) >= 11 is 19.8. The molecule has 80 heavy (non-hydrogen) atoms. The number of nitrogens with zero attached hydrogens (tertiary/aromatic N) is 8. The Labute approximate surface area is 499 Å². The largest absolute Gasteiger partial charge is 0.497 e. The molecule has 3 aromatic heterocycles. The molecule has 0 saturated heterocycles. The van der Waals surface area contributed by atoms with Gasteiger partial charge in [0.05, 0.1) is 61.0 Å². The lowest BCUT2D eigenvalue weighted by atomic mass is 10.2. The van der Waals surface area contributed by atoms with Gasteiger partial charge in [-0.15, -0.1) is 24.8 Å². The first kappa shape index (κ1) is 74.6. The number of esters is 1. The summed E-state index contributed by atoms with van der Waals surface area (Å²) < 4.78 is 24.2. The number of anilines is 4. The van der Waals surface area contributed by atoms with Crippen molar-refractivity contribution in [3.05, 3.63) is 184 Å². The molecule has 0 unspecified atom stereocenters. The van der Waals surface area contributed by atoms with Crippen LogP contribution in [-0.4, -0.2) is 71.3 Å². The van der Waals surface area contributed by atoms with Crippen molar-refractivity contribution in [1.82, 2.24) is 29.9 Å². The van der Waals surface area contributed by atoms with Gasteiger partial charge in [-0.1, -0.05) is 67.6 Å². The van der Waals surface area contributed by atoms with Crippen LogP contribution in [0.3, 0.4) is 0 Å². The number of benzene rings is 6. The number of ether oxygens (including phenoxy) is 3. The Morgan fingerprint density at radius 2 is 1.05 bits per heavy atom. The zero-order valence-electron chi connectivity index (χ0n) is 44.7. The second-order valence-electron chi connectivity index (χ2n) is 15.0. The van der Waals surface area contributed by atoms with E-state index in [0.717, 1.165) is 61.8 Å². The summed E-state index contributed by atoms with van der Waals surface area (Å²) in [6, 6.07) is 49.1. The van der Waals surface area contributed by atoms with E-state index in [1.165, 1.54) is 21.0 Å². The molecular formula is C56H64Cl6N11O6P. The number of hydrogen-bond donors (Lipinski definition) is 3. The van der Waals surface area contributed by atoms with Crippen molar-refractivity contribution < 1.29 is 23.6 Å². The zero-order valence-corrected chi connectivity index (χ0v) is 50.3. The SMILES string of the molecule is C.CC#N.CC#N.CNc1ccc(OC)cc1.COC(=O)c1ccccc1N.COc1ccc(N(C)c2nc(C)nc3ccccc23)cc1.Cc1nc(Cl)c2ccccc2n1.Cc1nc2ccccc2c(=O)[nH]1.Cl.Cl.O=P(Cl)(Cl)Cl. The molecule has 0 aliphatic carbocycles. The first-order chi connectivity index (χ1) is 36.7. The molecule has 0 amide bonds. The van der Waals surface area contributed by atoms with Crippen LogP contribution in [0.15, 0.2) is 150 Å². The van der Waals surface area contributed by atoms with Gasteiger partial charge < -0.3 is 35.1 Å². The summed E-state index contributed by atoms with van der Waals surface area (Å²) in [6.45, 7) is 8.38. The molecule has 6 aromatic carbocycles. The number of para-hydroxylation sites is 4. The molecule has 9 aromatic rings. The third kappa shape index (κ3) is 26.9. The first-order valence-electron chi connectivity index (χ1n) is 22.7. The third-order valence-corrected chi connectivity index (χ3v) is 9.91. The molecule has 9 rings (SSSR count). The number of hydrogen-bond acceptors (Lipinski definition) is 16. The van der Waals surface area contributed by atoms with Crippen LogP contribution < -0.4 is 31.0 Å². The van der Waals surface area contributed by atoms with Crippen LogP contribution in [0.25, 0.3) is 32.7 Å². The molecule has 24 heteroatoms. The normalized spacial score (nSPS) is 9.25. The summed E-state index contributed by atoms with van der Waals surface area (Å²) in [5.41, 5.74) is 11.0. The number of nitriles is 2. The van der Waals surface area contributed by atoms with Crippen LogP contribution in [-0.2, 0) is 9.30 Å². The monoisotopic (exact) mass is 1230 g/mol. The number of aromatic nitrogens is 6. The highest BCUT2D eigenvalue weighted by atomic mass is 36.0. The Morgan fingerprint density at radius 3 is 1.51 bits per heavy atom. The van der Waals surface area contributed by atoms with Gasteiger partial charge >= 0.3 is 11.2 Å². The number of carbonyl (C=O) groups is 1. The smallest absolute Gasteiger partial charge is 0.339 e. The maximum absolute atomic E-state index is 11.3. The van der Waals surface area contributed by atoms with E-state index in [-0.39, 0.29) is 37.8 Å². The predicted octanol–water partition coefficient (Wildman–Crippen LogP) is 15.7. The number of nitrogens with one attached hydrogen (secondary N) is 2. The van der Waals surface area contributed by atoms with Crippen molar-refractivity contribution in [2.75, 3.05) is 51.4 Å². The van der Waals surface area contributed by atoms with Crippen LogP contribution in [0.5, 0.6) is 11.5 Å². The van der Waals surface area contributed by atoms with Gasteiger partial charge in [0.25, 0.3) is 5.56 Å². The Kier molecular flexibility index (Phi) is 37.2. The standard InChI is InChI=1S/C17H17N3O.C9H7ClN2.C9H8N2O.C8H9NO2.C8H11NO.2C2H3N.CH4.Cl3OP.2ClH/c1-12-18-16-7-5-4-6-15(16)17(19-12)20(2)13-8-10-14(21-3)11-9-13;1-6-11-8-5-3-2-4-7(8)9(10)12-6;1-6-10-8-5-3-2-4-7(8)9(12)11-6;1-11-8(10)6-4-2-3-5-7(6)9;1-9-7-3-5-8(10-2)6-4-7;2*1-2-3;;1-5(2,3)4;;/h4-11H,1-3H3;2-5H,1H3;2-5H,1H3,(H,10,11,12);2-5H,9H2,1H3;3-6,9H,1-2H3;2*1H3;1H4;;2*1H. The average Bonchev–Trinajstić information content (AvgIpc) is 3.41. The third-order valence-electron chi connectivity index (χ3n) is 9.62. The second kappa shape index (κ2) is 39.8. The minimum atomic E-state index is -3.22. The molecule has 0 bridgehead atoms. The van der Waals surface area contributed by atoms with Gasteiger partial charge in [0.1, 0.15) is 39.9 Å². The van der Waals surface area contributed by atoms with E-state index < -0.39 is 11.2 Å². The van der Waals surface area contributed by atoms with Crippen LogP contribution in [0.2, 0.25) is 5.15 Å². The van der Waals surface area contributed by atoms with Gasteiger partial charge in [-0.25, -0.2) is 29.7 Å². The fourth-order valence-electron chi connectivity index (χ4n) is 6.26. The summed E-state index contributed by atoms with van der Waals surface area (Å²) in [6.07, 6.45) is 0. The van der Waals surface area contributed by atoms with E-state index in [2.05, 4.69) is 78.6 Å². The summed E-state index contributed by atoms with van der Waals surface area (Å²) in [5.74, 6) is 4.36. The summed E-state index contributed by atoms with van der Waals surface area (Å²) in [4.78, 5) is 48.5. The van der Waals surface area contributed by atoms with Crippen LogP contribution in [0.4, 0.5) is 22.9 Å². The minimum absolute atomic E-state index is 0. The lowest BCUT2D eigenvalue weighted by Gasteiger charge is -2.20. The second-order valence-corrected chi connectivity index (χ2v) is 22.0. The van der Waals surface area contributed by atoms with Gasteiger partial charge in [0.15, 0.2) is 0 Å². The lowest BCUT2D eigenvalue weighted by molar-refractivity contribution is 0.0602. The summed E-state index contributed by atoms with van der Waals surface area (Å²) in [7, 11) is 8.56. The van der Waals surface area contributed by atoms with E-state index >= 15 is 0 Å². The fraction of sp³-hybridized carbons (Fsp3) is 0.196. The van der Waals surface area contributed by atoms with Crippen molar-refractivity contribution in [3.8, 4) is 23.6 Å². The molecule has 4 N–H and O–H groups in total. The topological polar surface area (TPSA) is 248 Å². The predicted molar refractivity (Wildman–Crippen MR) is 335 cm³/mol. The Hall–Kier alpha value is -7.44. The van der Waals surface area contributed by atoms with Gasteiger partial charge in [-0.2, -0.15) is 10.5 Å². The molecule has 0 aliphatic heterocycles. The molecule has 426 valence electrons. The maximum Gasteiger partial charge on any atom is 0.339 e. The molecule has 0 radical (unpaired) electrons. The Morgan fingerprint density at radius 1 is 0.650 bits per heavy atom. The zero-order chi connectivity index (χ0) is 57.5. The van der Waals surface area contributed by atoms with Crippen molar-refractivity contribution in [2.45, 2.75) is 42.0 Å². The van der Waals surface area contributed by atoms with Crippen LogP contribution in [0.1, 0.15) is 49.1 Å². The number of nitrogen functional groups attached to an aromatic ring is 1.